The van der Waals surface area contributed by atoms with Crippen molar-refractivity contribution in [3.63, 3.8) is 0 Å². The monoisotopic (exact) mass is 370 g/mol. The van der Waals surface area contributed by atoms with Crippen LogP contribution in [0.4, 0.5) is 0 Å². The number of esters is 1. The molecule has 0 aliphatic heterocycles. The van der Waals surface area contributed by atoms with Gasteiger partial charge in [-0.05, 0) is 37.9 Å². The molecule has 0 amide bonds. The van der Waals surface area contributed by atoms with Crippen molar-refractivity contribution >= 4 is 17.7 Å². The zero-order valence-corrected chi connectivity index (χ0v) is 17.7. The molecule has 148 valence electrons. The predicted molar refractivity (Wildman–Crippen MR) is 111 cm³/mol. The van der Waals surface area contributed by atoms with Gasteiger partial charge in [-0.1, -0.05) is 84.0 Å². The van der Waals surface area contributed by atoms with E-state index in [0.717, 1.165) is 18.1 Å². The fourth-order valence-corrected chi connectivity index (χ4v) is 4.09. The molecule has 1 unspecified atom stereocenters. The zero-order chi connectivity index (χ0) is 18.2. The molecule has 1 aliphatic carbocycles. The van der Waals surface area contributed by atoms with Gasteiger partial charge in [-0.15, -0.1) is 11.8 Å². The van der Waals surface area contributed by atoms with Crippen LogP contribution in [0.3, 0.4) is 0 Å². The van der Waals surface area contributed by atoms with Crippen LogP contribution in [0.1, 0.15) is 110 Å². The molecular formula is C22H42O2S. The van der Waals surface area contributed by atoms with Crippen molar-refractivity contribution in [1.82, 2.24) is 0 Å². The van der Waals surface area contributed by atoms with Crippen molar-refractivity contribution in [2.45, 2.75) is 115 Å². The molecule has 0 saturated heterocycles. The second kappa shape index (κ2) is 16.0. The minimum absolute atomic E-state index is 0.00375. The van der Waals surface area contributed by atoms with Gasteiger partial charge in [0.1, 0.15) is 0 Å². The molecule has 25 heavy (non-hydrogen) atoms. The Morgan fingerprint density at radius 3 is 2.04 bits per heavy atom. The lowest BCUT2D eigenvalue weighted by Gasteiger charge is -2.11. The van der Waals surface area contributed by atoms with Crippen LogP contribution >= 0.6 is 11.8 Å². The summed E-state index contributed by atoms with van der Waals surface area (Å²) < 4.78 is 5.38. The Kier molecular flexibility index (Phi) is 14.7. The van der Waals surface area contributed by atoms with Crippen molar-refractivity contribution < 1.29 is 9.53 Å². The molecule has 1 aliphatic rings. The fraction of sp³-hybridized carbons (Fsp3) is 0.955. The van der Waals surface area contributed by atoms with Crippen LogP contribution in [-0.2, 0) is 9.53 Å². The Morgan fingerprint density at radius 1 is 0.920 bits per heavy atom. The third kappa shape index (κ3) is 14.7. The van der Waals surface area contributed by atoms with Gasteiger partial charge >= 0.3 is 5.97 Å². The number of thioether (sulfide) groups is 1. The maximum atomic E-state index is 11.9. The molecule has 1 atom stereocenters. The quantitative estimate of drug-likeness (QED) is 0.189. The van der Waals surface area contributed by atoms with E-state index in [0.29, 0.717) is 6.61 Å². The third-order valence-corrected chi connectivity index (χ3v) is 6.36. The Hall–Kier alpha value is -0.180. The van der Waals surface area contributed by atoms with Crippen LogP contribution in [0.2, 0.25) is 0 Å². The lowest BCUT2D eigenvalue weighted by molar-refractivity contribution is -0.142. The molecule has 1 rings (SSSR count). The number of hydrogen-bond acceptors (Lipinski definition) is 3. The highest BCUT2D eigenvalue weighted by atomic mass is 32.2. The van der Waals surface area contributed by atoms with Gasteiger partial charge in [-0.25, -0.2) is 0 Å². The van der Waals surface area contributed by atoms with E-state index in [1.54, 1.807) is 11.8 Å². The van der Waals surface area contributed by atoms with E-state index in [1.807, 2.05) is 6.92 Å². The molecule has 1 saturated carbocycles. The lowest BCUT2D eigenvalue weighted by atomic mass is 10.1. The second-order valence-electron chi connectivity index (χ2n) is 7.80. The van der Waals surface area contributed by atoms with Crippen molar-refractivity contribution in [1.29, 1.82) is 0 Å². The standard InChI is InChI=1S/C22H42O2S/c1-3-4-5-6-7-8-9-10-11-12-13-19-25-20(2)22(23)24-18-14-15-21-16-17-21/h20-21H,3-19H2,1-2H3. The van der Waals surface area contributed by atoms with Gasteiger partial charge in [0, 0.05) is 0 Å². The third-order valence-electron chi connectivity index (χ3n) is 5.15. The molecule has 0 aromatic rings. The van der Waals surface area contributed by atoms with Gasteiger partial charge in [-0.3, -0.25) is 4.79 Å². The Morgan fingerprint density at radius 2 is 1.48 bits per heavy atom. The van der Waals surface area contributed by atoms with E-state index in [9.17, 15) is 4.79 Å². The average molecular weight is 371 g/mol. The highest BCUT2D eigenvalue weighted by molar-refractivity contribution is 8.00. The number of hydrogen-bond donors (Lipinski definition) is 0. The first-order valence-corrected chi connectivity index (χ1v) is 12.1. The molecule has 0 radical (unpaired) electrons. The summed E-state index contributed by atoms with van der Waals surface area (Å²) in [6.07, 6.45) is 20.2. The molecule has 0 N–H and O–H groups in total. The molecule has 0 heterocycles. The first-order valence-electron chi connectivity index (χ1n) is 11.0. The maximum absolute atomic E-state index is 11.9. The second-order valence-corrected chi connectivity index (χ2v) is 9.25. The largest absolute Gasteiger partial charge is 0.465 e. The molecule has 2 nitrogen and oxygen atoms in total. The van der Waals surface area contributed by atoms with E-state index in [2.05, 4.69) is 6.92 Å². The van der Waals surface area contributed by atoms with Crippen molar-refractivity contribution in [2.75, 3.05) is 12.4 Å². The molecule has 0 aromatic heterocycles. The fourth-order valence-electron chi connectivity index (χ4n) is 3.16. The average Bonchev–Trinajstić information content (AvgIpc) is 3.43. The smallest absolute Gasteiger partial charge is 0.318 e. The number of rotatable bonds is 18. The van der Waals surface area contributed by atoms with Crippen LogP contribution in [0.5, 0.6) is 0 Å². The Balaban J connectivity index is 1.77. The maximum Gasteiger partial charge on any atom is 0.318 e. The molecule has 1 fully saturated rings. The molecule has 3 heteroatoms. The SMILES string of the molecule is CCCCCCCCCCCCCSC(C)C(=O)OCCCC1CC1. The van der Waals surface area contributed by atoms with Gasteiger partial charge in [-0.2, -0.15) is 0 Å². The topological polar surface area (TPSA) is 26.3 Å². The Labute approximate surface area is 161 Å². The molecule has 0 spiro atoms. The van der Waals surface area contributed by atoms with Gasteiger partial charge in [0.25, 0.3) is 0 Å². The first-order chi connectivity index (χ1) is 12.2. The summed E-state index contributed by atoms with van der Waals surface area (Å²) in [7, 11) is 0. The Bertz CT molecular complexity index is 315. The normalized spacial score (nSPS) is 15.3. The number of carbonyl (C=O) groups is 1. The van der Waals surface area contributed by atoms with Gasteiger partial charge in [0.05, 0.1) is 11.9 Å². The van der Waals surface area contributed by atoms with E-state index in [1.165, 1.54) is 89.9 Å². The van der Waals surface area contributed by atoms with E-state index in [4.69, 9.17) is 4.74 Å². The summed E-state index contributed by atoms with van der Waals surface area (Å²) in [5.41, 5.74) is 0. The van der Waals surface area contributed by atoms with Crippen molar-refractivity contribution in [3.05, 3.63) is 0 Å². The van der Waals surface area contributed by atoms with Gasteiger partial charge < -0.3 is 4.74 Å². The number of carbonyl (C=O) groups excluding carboxylic acids is 1. The lowest BCUT2D eigenvalue weighted by Crippen LogP contribution is -2.18. The zero-order valence-electron chi connectivity index (χ0n) is 16.9. The molecular weight excluding hydrogens is 328 g/mol. The van der Waals surface area contributed by atoms with Crippen LogP contribution in [-0.4, -0.2) is 23.6 Å². The van der Waals surface area contributed by atoms with Crippen molar-refractivity contribution in [2.24, 2.45) is 5.92 Å². The van der Waals surface area contributed by atoms with Crippen LogP contribution in [0.25, 0.3) is 0 Å². The number of ether oxygens (including phenoxy) is 1. The predicted octanol–water partition coefficient (Wildman–Crippen LogP) is 7.15. The summed E-state index contributed by atoms with van der Waals surface area (Å²) in [5, 5.41) is 0.00375. The highest BCUT2D eigenvalue weighted by Gasteiger charge is 2.21. The summed E-state index contributed by atoms with van der Waals surface area (Å²) in [5.74, 6) is 2.02. The van der Waals surface area contributed by atoms with Gasteiger partial charge in [0.15, 0.2) is 0 Å². The van der Waals surface area contributed by atoms with E-state index in [-0.39, 0.29) is 11.2 Å². The van der Waals surface area contributed by atoms with Gasteiger partial charge in [0.2, 0.25) is 0 Å². The summed E-state index contributed by atoms with van der Waals surface area (Å²) in [4.78, 5) is 11.9. The van der Waals surface area contributed by atoms with E-state index < -0.39 is 0 Å². The van der Waals surface area contributed by atoms with E-state index >= 15 is 0 Å². The molecule has 0 aromatic carbocycles. The summed E-state index contributed by atoms with van der Waals surface area (Å²) >= 11 is 1.77. The minimum atomic E-state index is -0.0103. The summed E-state index contributed by atoms with van der Waals surface area (Å²) in [6.45, 7) is 4.89. The summed E-state index contributed by atoms with van der Waals surface area (Å²) in [6, 6.07) is 0. The van der Waals surface area contributed by atoms with Crippen molar-refractivity contribution in [3.8, 4) is 0 Å². The van der Waals surface area contributed by atoms with Crippen LogP contribution in [0, 0.1) is 5.92 Å². The van der Waals surface area contributed by atoms with Crippen LogP contribution < -0.4 is 0 Å². The number of unbranched alkanes of at least 4 members (excludes halogenated alkanes) is 10. The first kappa shape index (κ1) is 22.9. The highest BCUT2D eigenvalue weighted by Crippen LogP contribution is 2.33. The minimum Gasteiger partial charge on any atom is -0.465 e. The molecule has 0 bridgehead atoms. The van der Waals surface area contributed by atoms with Crippen LogP contribution in [0.15, 0.2) is 0 Å².